The third kappa shape index (κ3) is 5.39. The van der Waals surface area contributed by atoms with Crippen molar-refractivity contribution in [2.24, 2.45) is 5.73 Å². The van der Waals surface area contributed by atoms with E-state index in [4.69, 9.17) is 15.9 Å². The number of piperidine rings is 1. The van der Waals surface area contributed by atoms with E-state index >= 15 is 0 Å². The molecule has 0 aromatic heterocycles. The molecular weight excluding hydrogens is 448 g/mol. The van der Waals surface area contributed by atoms with Crippen LogP contribution >= 0.6 is 0 Å². The molecule has 4 N–H and O–H groups in total. The lowest BCUT2D eigenvalue weighted by Crippen LogP contribution is -2.34. The van der Waals surface area contributed by atoms with Crippen LogP contribution in [0.4, 0.5) is 5.69 Å². The number of ether oxygens (including phenoxy) is 1. The summed E-state index contributed by atoms with van der Waals surface area (Å²) in [5.74, 6) is 0.787. The van der Waals surface area contributed by atoms with Gasteiger partial charge in [0.15, 0.2) is 0 Å². The van der Waals surface area contributed by atoms with Gasteiger partial charge in [0, 0.05) is 16.8 Å². The first-order valence-electron chi connectivity index (χ1n) is 12.3. The molecule has 1 aliphatic heterocycles. The zero-order chi connectivity index (χ0) is 24.9. The molecule has 36 heavy (non-hydrogen) atoms. The fourth-order valence-corrected chi connectivity index (χ4v) is 4.57. The van der Waals surface area contributed by atoms with Gasteiger partial charge in [0.1, 0.15) is 17.7 Å². The van der Waals surface area contributed by atoms with E-state index in [1.165, 1.54) is 0 Å². The van der Waals surface area contributed by atoms with Gasteiger partial charge in [0.2, 0.25) is 0 Å². The number of benzene rings is 4. The zero-order valence-corrected chi connectivity index (χ0v) is 20.1. The third-order valence-electron chi connectivity index (χ3n) is 6.56. The Labute approximate surface area is 211 Å². The molecule has 0 saturated carbocycles. The van der Waals surface area contributed by atoms with Crippen molar-refractivity contribution in [2.45, 2.75) is 25.5 Å². The lowest BCUT2D eigenvalue weighted by Gasteiger charge is -2.25. The molecule has 182 valence electrons. The predicted octanol–water partition coefficient (Wildman–Crippen LogP) is 5.10. The van der Waals surface area contributed by atoms with Crippen molar-refractivity contribution in [1.82, 2.24) is 5.32 Å². The number of amidine groups is 1. The van der Waals surface area contributed by atoms with E-state index in [-0.39, 0.29) is 17.8 Å². The van der Waals surface area contributed by atoms with Crippen LogP contribution < -0.4 is 20.7 Å². The van der Waals surface area contributed by atoms with Crippen LogP contribution in [0, 0.1) is 5.41 Å². The van der Waals surface area contributed by atoms with Crippen LogP contribution in [-0.2, 0) is 6.54 Å². The lowest BCUT2D eigenvalue weighted by molar-refractivity contribution is 0.0985. The molecular formula is C30H30N4O2. The van der Waals surface area contributed by atoms with E-state index in [2.05, 4.69) is 11.4 Å². The molecule has 4 aromatic rings. The van der Waals surface area contributed by atoms with E-state index in [1.54, 1.807) is 4.90 Å². The molecule has 0 unspecified atom stereocenters. The maximum Gasteiger partial charge on any atom is 0.258 e. The summed E-state index contributed by atoms with van der Waals surface area (Å²) < 4.78 is 6.16. The van der Waals surface area contributed by atoms with E-state index < -0.39 is 0 Å². The molecule has 5 rings (SSSR count). The number of anilines is 1. The Hall–Kier alpha value is -4.16. The summed E-state index contributed by atoms with van der Waals surface area (Å²) in [5.41, 5.74) is 8.80. The van der Waals surface area contributed by atoms with Gasteiger partial charge in [-0.05, 0) is 90.8 Å². The number of nitrogens with zero attached hydrogens (tertiary/aromatic N) is 1. The number of nitrogens with two attached hydrogens (primary N) is 1. The smallest absolute Gasteiger partial charge is 0.258 e. The van der Waals surface area contributed by atoms with Gasteiger partial charge in [-0.3, -0.25) is 10.2 Å². The number of carbonyl (C=O) groups is 1. The molecule has 1 aliphatic rings. The molecule has 1 heterocycles. The maximum absolute atomic E-state index is 13.6. The van der Waals surface area contributed by atoms with Crippen LogP contribution in [-0.4, -0.2) is 30.9 Å². The Balaban J connectivity index is 1.44. The Bertz CT molecular complexity index is 1360. The van der Waals surface area contributed by atoms with Crippen molar-refractivity contribution in [2.75, 3.05) is 18.0 Å². The molecule has 1 amide bonds. The first-order chi connectivity index (χ1) is 17.6. The summed E-state index contributed by atoms with van der Waals surface area (Å²) in [6.45, 7) is 2.35. The van der Waals surface area contributed by atoms with Crippen molar-refractivity contribution < 1.29 is 9.53 Å². The second kappa shape index (κ2) is 10.6. The molecule has 6 heteroatoms. The van der Waals surface area contributed by atoms with Crippen LogP contribution in [0.3, 0.4) is 0 Å². The van der Waals surface area contributed by atoms with Crippen molar-refractivity contribution in [3.05, 3.63) is 108 Å². The largest absolute Gasteiger partial charge is 0.490 e. The number of rotatable bonds is 7. The summed E-state index contributed by atoms with van der Waals surface area (Å²) in [5, 5.41) is 13.1. The number of carbonyl (C=O) groups excluding carboxylic acids is 1. The highest BCUT2D eigenvalue weighted by atomic mass is 16.5. The molecule has 0 bridgehead atoms. The number of amides is 1. The van der Waals surface area contributed by atoms with Crippen LogP contribution in [0.5, 0.6) is 5.75 Å². The SMILES string of the molecule is N=C(N)c1ccc2ccc(CN(C(=O)c3ccccc3)c3ccc(OC4CCNCC4)cc3)cc2c1. The fourth-order valence-electron chi connectivity index (χ4n) is 4.57. The molecule has 6 nitrogen and oxygen atoms in total. The highest BCUT2D eigenvalue weighted by molar-refractivity contribution is 6.06. The second-order valence-electron chi connectivity index (χ2n) is 9.13. The van der Waals surface area contributed by atoms with E-state index in [1.807, 2.05) is 84.9 Å². The molecule has 1 fully saturated rings. The van der Waals surface area contributed by atoms with Gasteiger partial charge in [-0.2, -0.15) is 0 Å². The topological polar surface area (TPSA) is 91.4 Å². The molecule has 1 saturated heterocycles. The van der Waals surface area contributed by atoms with Gasteiger partial charge in [-0.25, -0.2) is 0 Å². The van der Waals surface area contributed by atoms with Crippen LogP contribution in [0.25, 0.3) is 10.8 Å². The summed E-state index contributed by atoms with van der Waals surface area (Å²) >= 11 is 0. The number of nitrogens with one attached hydrogen (secondary N) is 2. The van der Waals surface area contributed by atoms with Crippen molar-refractivity contribution in [3.63, 3.8) is 0 Å². The number of fused-ring (bicyclic) bond motifs is 1. The van der Waals surface area contributed by atoms with Crippen LogP contribution in [0.2, 0.25) is 0 Å². The fraction of sp³-hybridized carbons (Fsp3) is 0.200. The normalized spacial score (nSPS) is 13.9. The third-order valence-corrected chi connectivity index (χ3v) is 6.56. The first-order valence-corrected chi connectivity index (χ1v) is 12.3. The van der Waals surface area contributed by atoms with Gasteiger partial charge in [0.25, 0.3) is 5.91 Å². The number of hydrogen-bond donors (Lipinski definition) is 3. The van der Waals surface area contributed by atoms with Crippen LogP contribution in [0.15, 0.2) is 91.0 Å². The number of nitrogen functional groups attached to an aromatic ring is 1. The van der Waals surface area contributed by atoms with Gasteiger partial charge < -0.3 is 20.7 Å². The highest BCUT2D eigenvalue weighted by Gasteiger charge is 2.19. The quantitative estimate of drug-likeness (QED) is 0.255. The summed E-state index contributed by atoms with van der Waals surface area (Å²) in [4.78, 5) is 15.4. The monoisotopic (exact) mass is 478 g/mol. The second-order valence-corrected chi connectivity index (χ2v) is 9.13. The summed E-state index contributed by atoms with van der Waals surface area (Å²) in [6.07, 6.45) is 2.21. The Morgan fingerprint density at radius 2 is 1.61 bits per heavy atom. The Morgan fingerprint density at radius 1 is 0.889 bits per heavy atom. The van der Waals surface area contributed by atoms with Gasteiger partial charge in [-0.15, -0.1) is 0 Å². The van der Waals surface area contributed by atoms with Crippen LogP contribution in [0.1, 0.15) is 34.3 Å². The minimum Gasteiger partial charge on any atom is -0.490 e. The first kappa shape index (κ1) is 23.6. The average molecular weight is 479 g/mol. The van der Waals surface area contributed by atoms with Gasteiger partial charge in [0.05, 0.1) is 6.54 Å². The van der Waals surface area contributed by atoms with Crippen molar-refractivity contribution >= 4 is 28.2 Å². The maximum atomic E-state index is 13.6. The average Bonchev–Trinajstić information content (AvgIpc) is 2.92. The molecule has 4 aromatic carbocycles. The Kier molecular flexibility index (Phi) is 6.96. The molecule has 0 atom stereocenters. The lowest BCUT2D eigenvalue weighted by atomic mass is 10.0. The van der Waals surface area contributed by atoms with Gasteiger partial charge in [-0.1, -0.05) is 42.5 Å². The minimum atomic E-state index is -0.0693. The summed E-state index contributed by atoms with van der Waals surface area (Å²) in [7, 11) is 0. The van der Waals surface area contributed by atoms with E-state index in [0.29, 0.717) is 17.7 Å². The van der Waals surface area contributed by atoms with Crippen molar-refractivity contribution in [3.8, 4) is 5.75 Å². The number of hydrogen-bond acceptors (Lipinski definition) is 4. The van der Waals surface area contributed by atoms with Gasteiger partial charge >= 0.3 is 0 Å². The van der Waals surface area contributed by atoms with E-state index in [0.717, 1.165) is 53.7 Å². The highest BCUT2D eigenvalue weighted by Crippen LogP contribution is 2.26. The Morgan fingerprint density at radius 3 is 2.33 bits per heavy atom. The molecule has 0 aliphatic carbocycles. The standard InChI is InChI=1S/C30H30N4O2/c31-29(32)24-9-8-22-7-6-21(18-25(22)19-24)20-34(30(35)23-4-2-1-3-5-23)26-10-12-27(13-11-26)36-28-14-16-33-17-15-28/h1-13,18-19,28,33H,14-17,20H2,(H3,31,32). The summed E-state index contributed by atoms with van der Waals surface area (Å²) in [6, 6.07) is 29.0. The zero-order valence-electron chi connectivity index (χ0n) is 20.1. The molecule has 0 radical (unpaired) electrons. The van der Waals surface area contributed by atoms with E-state index in [9.17, 15) is 4.79 Å². The predicted molar refractivity (Wildman–Crippen MR) is 145 cm³/mol. The minimum absolute atomic E-state index is 0.0370. The molecule has 0 spiro atoms. The van der Waals surface area contributed by atoms with Crippen molar-refractivity contribution in [1.29, 1.82) is 5.41 Å².